The van der Waals surface area contributed by atoms with Crippen LogP contribution >= 0.6 is 0 Å². The van der Waals surface area contributed by atoms with Crippen LogP contribution < -0.4 is 0 Å². The Morgan fingerprint density at radius 2 is 1.89 bits per heavy atom. The minimum absolute atomic E-state index is 0.208. The summed E-state index contributed by atoms with van der Waals surface area (Å²) in [5.74, 6) is -2.87. The normalized spacial score (nSPS) is 37.7. The second-order valence-corrected chi connectivity index (χ2v) is 3.23. The Labute approximate surface area is 52.7 Å². The minimum Gasteiger partial charge on any atom is -0.387 e. The quantitative estimate of drug-likeness (QED) is 0.533. The zero-order valence-electron chi connectivity index (χ0n) is 5.49. The number of halogens is 2. The van der Waals surface area contributed by atoms with Gasteiger partial charge in [0.15, 0.2) is 0 Å². The summed E-state index contributed by atoms with van der Waals surface area (Å²) >= 11 is 0. The Balaban J connectivity index is 2.70. The molecule has 0 aliphatic heterocycles. The molecule has 0 aromatic heterocycles. The summed E-state index contributed by atoms with van der Waals surface area (Å²) in [6, 6.07) is 0. The van der Waals surface area contributed by atoms with E-state index >= 15 is 0 Å². The van der Waals surface area contributed by atoms with Gasteiger partial charge < -0.3 is 5.11 Å². The molecule has 0 radical (unpaired) electrons. The fourth-order valence-electron chi connectivity index (χ4n) is 1.07. The van der Waals surface area contributed by atoms with Crippen molar-refractivity contribution >= 4 is 0 Å². The van der Waals surface area contributed by atoms with E-state index < -0.39 is 17.4 Å². The summed E-state index contributed by atoms with van der Waals surface area (Å²) in [4.78, 5) is 0. The molecule has 1 saturated carbocycles. The fourth-order valence-corrected chi connectivity index (χ4v) is 1.07. The lowest BCUT2D eigenvalue weighted by molar-refractivity contribution is -0.263. The van der Waals surface area contributed by atoms with Gasteiger partial charge in [-0.2, -0.15) is 0 Å². The number of rotatable bonds is 0. The van der Waals surface area contributed by atoms with E-state index in [-0.39, 0.29) is 6.42 Å². The van der Waals surface area contributed by atoms with Gasteiger partial charge in [0, 0.05) is 5.41 Å². The van der Waals surface area contributed by atoms with Crippen LogP contribution in [-0.4, -0.2) is 17.1 Å². The maximum Gasteiger partial charge on any atom is 0.278 e. The number of aliphatic hydroxyl groups excluding tert-OH is 1. The van der Waals surface area contributed by atoms with Crippen molar-refractivity contribution < 1.29 is 13.9 Å². The second kappa shape index (κ2) is 1.45. The average Bonchev–Trinajstić information content (AvgIpc) is 1.65. The molecule has 0 saturated heterocycles. The van der Waals surface area contributed by atoms with Crippen LogP contribution in [0.1, 0.15) is 20.3 Å². The Morgan fingerprint density at radius 1 is 1.44 bits per heavy atom. The molecule has 1 aliphatic carbocycles. The standard InChI is InChI=1S/C6H10F2O/c1-5(2)3-4(9)6(5,7)8/h4,9H,3H2,1-2H3. The molecule has 0 spiro atoms. The summed E-state index contributed by atoms with van der Waals surface area (Å²) < 4.78 is 24.9. The number of aliphatic hydroxyl groups is 1. The predicted octanol–water partition coefficient (Wildman–Crippen LogP) is 1.41. The van der Waals surface area contributed by atoms with Crippen molar-refractivity contribution in [2.24, 2.45) is 5.41 Å². The first-order valence-corrected chi connectivity index (χ1v) is 2.94. The highest BCUT2D eigenvalue weighted by Crippen LogP contribution is 2.53. The molecule has 54 valence electrons. The Kier molecular flexibility index (Phi) is 1.12. The van der Waals surface area contributed by atoms with Crippen LogP contribution in [0.3, 0.4) is 0 Å². The van der Waals surface area contributed by atoms with Crippen LogP contribution in [0.5, 0.6) is 0 Å². The molecule has 0 amide bonds. The van der Waals surface area contributed by atoms with Crippen molar-refractivity contribution in [1.29, 1.82) is 0 Å². The van der Waals surface area contributed by atoms with Gasteiger partial charge in [0.1, 0.15) is 6.10 Å². The smallest absolute Gasteiger partial charge is 0.278 e. The molecular formula is C6H10F2O. The van der Waals surface area contributed by atoms with Crippen LogP contribution in [0, 0.1) is 5.41 Å². The van der Waals surface area contributed by atoms with Gasteiger partial charge in [-0.1, -0.05) is 13.8 Å². The molecule has 1 fully saturated rings. The van der Waals surface area contributed by atoms with E-state index in [0.717, 1.165) is 0 Å². The highest BCUT2D eigenvalue weighted by atomic mass is 19.3. The van der Waals surface area contributed by atoms with Gasteiger partial charge in [-0.25, -0.2) is 8.78 Å². The average molecular weight is 136 g/mol. The van der Waals surface area contributed by atoms with Crippen molar-refractivity contribution in [3.63, 3.8) is 0 Å². The van der Waals surface area contributed by atoms with E-state index in [2.05, 4.69) is 0 Å². The monoisotopic (exact) mass is 136 g/mol. The zero-order chi connectivity index (χ0) is 7.28. The lowest BCUT2D eigenvalue weighted by Gasteiger charge is -2.48. The van der Waals surface area contributed by atoms with Gasteiger partial charge >= 0.3 is 0 Å². The molecule has 1 nitrogen and oxygen atoms in total. The molecule has 9 heavy (non-hydrogen) atoms. The van der Waals surface area contributed by atoms with Gasteiger partial charge in [0.05, 0.1) is 0 Å². The van der Waals surface area contributed by atoms with E-state index in [0.29, 0.717) is 0 Å². The lowest BCUT2D eigenvalue weighted by Crippen LogP contribution is -2.58. The molecular weight excluding hydrogens is 126 g/mol. The Bertz CT molecular complexity index is 131. The van der Waals surface area contributed by atoms with Crippen LogP contribution in [0.2, 0.25) is 0 Å². The van der Waals surface area contributed by atoms with E-state index in [1.807, 2.05) is 0 Å². The molecule has 0 aromatic carbocycles. The minimum atomic E-state index is -2.87. The van der Waals surface area contributed by atoms with Crippen molar-refractivity contribution in [3.05, 3.63) is 0 Å². The summed E-state index contributed by atoms with van der Waals surface area (Å²) in [5.41, 5.74) is -0.994. The van der Waals surface area contributed by atoms with Crippen LogP contribution in [0.4, 0.5) is 8.78 Å². The van der Waals surface area contributed by atoms with Crippen LogP contribution in [-0.2, 0) is 0 Å². The molecule has 0 heterocycles. The van der Waals surface area contributed by atoms with Gasteiger partial charge in [-0.3, -0.25) is 0 Å². The molecule has 1 aliphatic rings. The van der Waals surface area contributed by atoms with Crippen molar-refractivity contribution in [3.8, 4) is 0 Å². The fraction of sp³-hybridized carbons (Fsp3) is 1.00. The summed E-state index contributed by atoms with van der Waals surface area (Å²) in [6.45, 7) is 2.92. The van der Waals surface area contributed by atoms with Crippen molar-refractivity contribution in [2.45, 2.75) is 32.3 Å². The van der Waals surface area contributed by atoms with Gasteiger partial charge in [-0.15, -0.1) is 0 Å². The third-order valence-corrected chi connectivity index (χ3v) is 2.02. The van der Waals surface area contributed by atoms with E-state index in [1.54, 1.807) is 0 Å². The predicted molar refractivity (Wildman–Crippen MR) is 29.4 cm³/mol. The third kappa shape index (κ3) is 0.674. The van der Waals surface area contributed by atoms with Gasteiger partial charge in [0.2, 0.25) is 0 Å². The highest BCUT2D eigenvalue weighted by molar-refractivity contribution is 5.03. The second-order valence-electron chi connectivity index (χ2n) is 3.23. The maximum atomic E-state index is 12.5. The van der Waals surface area contributed by atoms with Gasteiger partial charge in [-0.05, 0) is 6.42 Å². The van der Waals surface area contributed by atoms with E-state index in [9.17, 15) is 8.78 Å². The number of hydrogen-bond donors (Lipinski definition) is 1. The molecule has 0 bridgehead atoms. The molecule has 3 heteroatoms. The van der Waals surface area contributed by atoms with Crippen molar-refractivity contribution in [1.82, 2.24) is 0 Å². The summed E-state index contributed by atoms with van der Waals surface area (Å²) in [5, 5.41) is 8.56. The Morgan fingerprint density at radius 3 is 1.89 bits per heavy atom. The Hall–Kier alpha value is -0.180. The third-order valence-electron chi connectivity index (χ3n) is 2.02. The first-order valence-electron chi connectivity index (χ1n) is 2.94. The van der Waals surface area contributed by atoms with E-state index in [1.165, 1.54) is 13.8 Å². The molecule has 0 aromatic rings. The molecule has 1 N–H and O–H groups in total. The lowest BCUT2D eigenvalue weighted by atomic mass is 9.66. The largest absolute Gasteiger partial charge is 0.387 e. The summed E-state index contributed by atoms with van der Waals surface area (Å²) in [6.07, 6.45) is -1.20. The number of hydrogen-bond acceptors (Lipinski definition) is 1. The number of alkyl halides is 2. The molecule has 1 rings (SSSR count). The van der Waals surface area contributed by atoms with Gasteiger partial charge in [0.25, 0.3) is 5.92 Å². The molecule has 1 unspecified atom stereocenters. The van der Waals surface area contributed by atoms with Crippen LogP contribution in [0.15, 0.2) is 0 Å². The van der Waals surface area contributed by atoms with Crippen LogP contribution in [0.25, 0.3) is 0 Å². The SMILES string of the molecule is CC1(C)CC(O)C1(F)F. The summed E-state index contributed by atoms with van der Waals surface area (Å²) in [7, 11) is 0. The first-order chi connectivity index (χ1) is 3.88. The van der Waals surface area contributed by atoms with E-state index in [4.69, 9.17) is 5.11 Å². The molecule has 1 atom stereocenters. The zero-order valence-corrected chi connectivity index (χ0v) is 5.49. The van der Waals surface area contributed by atoms with Crippen molar-refractivity contribution in [2.75, 3.05) is 0 Å². The topological polar surface area (TPSA) is 20.2 Å². The first kappa shape index (κ1) is 6.93. The highest BCUT2D eigenvalue weighted by Gasteiger charge is 2.62. The maximum absolute atomic E-state index is 12.5.